The molecule has 0 aliphatic heterocycles. The number of aromatic nitrogens is 2. The lowest BCUT2D eigenvalue weighted by molar-refractivity contribution is 0.102. The molecule has 104 valence electrons. The van der Waals surface area contributed by atoms with Gasteiger partial charge in [0.05, 0.1) is 17.7 Å². The Hall–Kier alpha value is -3.08. The number of hydrogen-bond acceptors (Lipinski definition) is 3. The number of nitrogens with zero attached hydrogens (tertiary/aromatic N) is 2. The van der Waals surface area contributed by atoms with Gasteiger partial charge in [-0.15, -0.1) is 0 Å². The monoisotopic (exact) mass is 278 g/mol. The third kappa shape index (κ3) is 2.76. The largest absolute Gasteiger partial charge is 0.399 e. The van der Waals surface area contributed by atoms with Crippen LogP contribution in [-0.4, -0.2) is 15.5 Å². The molecule has 0 bridgehead atoms. The van der Waals surface area contributed by atoms with Crippen LogP contribution in [-0.2, 0) is 0 Å². The van der Waals surface area contributed by atoms with Crippen LogP contribution in [0.4, 0.5) is 11.4 Å². The third-order valence-corrected chi connectivity index (χ3v) is 3.08. The molecule has 5 heteroatoms. The summed E-state index contributed by atoms with van der Waals surface area (Å²) in [5, 5.41) is 2.90. The molecule has 0 saturated carbocycles. The van der Waals surface area contributed by atoms with Crippen LogP contribution in [0.15, 0.2) is 67.3 Å². The Morgan fingerprint density at radius 1 is 1.14 bits per heavy atom. The molecule has 0 radical (unpaired) electrons. The van der Waals surface area contributed by atoms with Crippen molar-refractivity contribution in [2.24, 2.45) is 0 Å². The second-order valence-corrected chi connectivity index (χ2v) is 4.57. The molecule has 0 atom stereocenters. The molecule has 0 aliphatic rings. The molecule has 1 amide bonds. The van der Waals surface area contributed by atoms with E-state index >= 15 is 0 Å². The highest BCUT2D eigenvalue weighted by molar-refractivity contribution is 6.05. The molecule has 3 rings (SSSR count). The Bertz CT molecular complexity index is 765. The molecule has 1 heterocycles. The molecule has 0 saturated heterocycles. The predicted octanol–water partition coefficient (Wildman–Crippen LogP) is 2.71. The van der Waals surface area contributed by atoms with E-state index in [1.54, 1.807) is 36.8 Å². The van der Waals surface area contributed by atoms with E-state index < -0.39 is 0 Å². The van der Waals surface area contributed by atoms with Crippen LogP contribution in [0, 0.1) is 0 Å². The minimum absolute atomic E-state index is 0.199. The molecule has 3 aromatic rings. The van der Waals surface area contributed by atoms with E-state index in [1.807, 2.05) is 35.0 Å². The average molecular weight is 278 g/mol. The van der Waals surface area contributed by atoms with E-state index in [9.17, 15) is 4.79 Å². The molecule has 0 spiro atoms. The van der Waals surface area contributed by atoms with E-state index in [2.05, 4.69) is 10.3 Å². The summed E-state index contributed by atoms with van der Waals surface area (Å²) in [6, 6.07) is 14.4. The van der Waals surface area contributed by atoms with Crippen LogP contribution in [0.5, 0.6) is 0 Å². The molecule has 21 heavy (non-hydrogen) atoms. The zero-order valence-electron chi connectivity index (χ0n) is 11.2. The van der Waals surface area contributed by atoms with Crippen molar-refractivity contribution < 1.29 is 4.79 Å². The zero-order chi connectivity index (χ0) is 14.7. The second-order valence-electron chi connectivity index (χ2n) is 4.57. The predicted molar refractivity (Wildman–Crippen MR) is 82.4 cm³/mol. The van der Waals surface area contributed by atoms with Crippen molar-refractivity contribution in [1.29, 1.82) is 0 Å². The van der Waals surface area contributed by atoms with Crippen molar-refractivity contribution in [1.82, 2.24) is 9.55 Å². The summed E-state index contributed by atoms with van der Waals surface area (Å²) in [6.07, 6.45) is 5.20. The highest BCUT2D eigenvalue weighted by Gasteiger charge is 2.09. The molecule has 3 N–H and O–H groups in total. The van der Waals surface area contributed by atoms with Gasteiger partial charge in [-0.2, -0.15) is 0 Å². The van der Waals surface area contributed by atoms with E-state index in [1.165, 1.54) is 0 Å². The average Bonchev–Trinajstić information content (AvgIpc) is 3.02. The van der Waals surface area contributed by atoms with Crippen molar-refractivity contribution in [2.45, 2.75) is 0 Å². The first-order valence-corrected chi connectivity index (χ1v) is 6.48. The lowest BCUT2D eigenvalue weighted by Crippen LogP contribution is -2.13. The van der Waals surface area contributed by atoms with Gasteiger partial charge in [0.1, 0.15) is 0 Å². The van der Waals surface area contributed by atoms with Gasteiger partial charge >= 0.3 is 0 Å². The van der Waals surface area contributed by atoms with Crippen LogP contribution < -0.4 is 11.1 Å². The number of nitrogens with one attached hydrogen (secondary N) is 1. The molecule has 0 unspecified atom stereocenters. The fourth-order valence-electron chi connectivity index (χ4n) is 2.08. The molecule has 2 aromatic carbocycles. The van der Waals surface area contributed by atoms with Crippen molar-refractivity contribution >= 4 is 17.3 Å². The summed E-state index contributed by atoms with van der Waals surface area (Å²) >= 11 is 0. The first kappa shape index (κ1) is 12.9. The Labute approximate surface area is 122 Å². The van der Waals surface area contributed by atoms with Crippen molar-refractivity contribution in [2.75, 3.05) is 11.1 Å². The van der Waals surface area contributed by atoms with Gasteiger partial charge in [-0.3, -0.25) is 4.79 Å². The number of rotatable bonds is 3. The van der Waals surface area contributed by atoms with Gasteiger partial charge in [0, 0.05) is 23.6 Å². The maximum absolute atomic E-state index is 12.3. The van der Waals surface area contributed by atoms with Gasteiger partial charge in [0.15, 0.2) is 0 Å². The van der Waals surface area contributed by atoms with Gasteiger partial charge in [-0.1, -0.05) is 18.2 Å². The number of hydrogen-bond donors (Lipinski definition) is 2. The number of imidazole rings is 1. The number of nitrogens with two attached hydrogens (primary N) is 1. The van der Waals surface area contributed by atoms with E-state index in [0.29, 0.717) is 16.9 Å². The Morgan fingerprint density at radius 3 is 2.76 bits per heavy atom. The molecule has 0 fully saturated rings. The number of benzene rings is 2. The van der Waals surface area contributed by atoms with E-state index in [4.69, 9.17) is 5.73 Å². The van der Waals surface area contributed by atoms with Crippen LogP contribution in [0.2, 0.25) is 0 Å². The minimum atomic E-state index is -0.199. The summed E-state index contributed by atoms with van der Waals surface area (Å²) in [4.78, 5) is 16.3. The van der Waals surface area contributed by atoms with Crippen LogP contribution in [0.25, 0.3) is 5.69 Å². The fourth-order valence-corrected chi connectivity index (χ4v) is 2.08. The number of amides is 1. The quantitative estimate of drug-likeness (QED) is 0.723. The van der Waals surface area contributed by atoms with E-state index in [0.717, 1.165) is 5.69 Å². The van der Waals surface area contributed by atoms with Gasteiger partial charge in [-0.25, -0.2) is 4.98 Å². The van der Waals surface area contributed by atoms with Crippen molar-refractivity contribution in [3.05, 3.63) is 72.8 Å². The molecule has 1 aromatic heterocycles. The van der Waals surface area contributed by atoms with Gasteiger partial charge in [0.2, 0.25) is 0 Å². The van der Waals surface area contributed by atoms with Gasteiger partial charge in [0.25, 0.3) is 5.91 Å². The maximum atomic E-state index is 12.3. The Kier molecular flexibility index (Phi) is 3.39. The van der Waals surface area contributed by atoms with Crippen LogP contribution >= 0.6 is 0 Å². The Morgan fingerprint density at radius 2 is 2.00 bits per heavy atom. The summed E-state index contributed by atoms with van der Waals surface area (Å²) in [7, 11) is 0. The molecule has 0 aliphatic carbocycles. The third-order valence-electron chi connectivity index (χ3n) is 3.08. The smallest absolute Gasteiger partial charge is 0.255 e. The van der Waals surface area contributed by atoms with Crippen molar-refractivity contribution in [3.63, 3.8) is 0 Å². The van der Waals surface area contributed by atoms with E-state index in [-0.39, 0.29) is 5.91 Å². The topological polar surface area (TPSA) is 72.9 Å². The van der Waals surface area contributed by atoms with Crippen LogP contribution in [0.3, 0.4) is 0 Å². The van der Waals surface area contributed by atoms with Gasteiger partial charge < -0.3 is 15.6 Å². The summed E-state index contributed by atoms with van der Waals surface area (Å²) < 4.78 is 1.84. The highest BCUT2D eigenvalue weighted by atomic mass is 16.1. The second kappa shape index (κ2) is 5.50. The maximum Gasteiger partial charge on any atom is 0.255 e. The zero-order valence-corrected chi connectivity index (χ0v) is 11.2. The van der Waals surface area contributed by atoms with Gasteiger partial charge in [-0.05, 0) is 30.3 Å². The summed E-state index contributed by atoms with van der Waals surface area (Å²) in [5.74, 6) is -0.199. The van der Waals surface area contributed by atoms with Crippen LogP contribution in [0.1, 0.15) is 10.4 Å². The van der Waals surface area contributed by atoms with Crippen molar-refractivity contribution in [3.8, 4) is 5.69 Å². The standard InChI is InChI=1S/C16H14N4O/c17-13-5-3-4-12(10-13)16(21)19-14-6-1-2-7-15(14)20-9-8-18-11-20/h1-11H,17H2,(H,19,21). The normalized spacial score (nSPS) is 10.3. The summed E-state index contributed by atoms with van der Waals surface area (Å²) in [6.45, 7) is 0. The molecular weight excluding hydrogens is 264 g/mol. The Balaban J connectivity index is 1.90. The number of anilines is 2. The SMILES string of the molecule is Nc1cccc(C(=O)Nc2ccccc2-n2ccnc2)c1. The number of carbonyl (C=O) groups excluding carboxylic acids is 1. The fraction of sp³-hybridized carbons (Fsp3) is 0. The minimum Gasteiger partial charge on any atom is -0.399 e. The number of para-hydroxylation sites is 2. The lowest BCUT2D eigenvalue weighted by atomic mass is 10.2. The molecule has 5 nitrogen and oxygen atoms in total. The highest BCUT2D eigenvalue weighted by Crippen LogP contribution is 2.20. The number of nitrogen functional groups attached to an aromatic ring is 1. The number of carbonyl (C=O) groups is 1. The first-order valence-electron chi connectivity index (χ1n) is 6.48. The first-order chi connectivity index (χ1) is 10.2. The summed E-state index contributed by atoms with van der Waals surface area (Å²) in [5.41, 5.74) is 8.35. The molecular formula is C16H14N4O. The lowest BCUT2D eigenvalue weighted by Gasteiger charge is -2.11.